The first-order chi connectivity index (χ1) is 13.3. The molecule has 7 nitrogen and oxygen atoms in total. The van der Waals surface area contributed by atoms with Gasteiger partial charge in [0.1, 0.15) is 11.5 Å². The number of fused-ring (bicyclic) bond motifs is 1. The average Bonchev–Trinajstić information content (AvgIpc) is 3.09. The molecule has 28 heavy (non-hydrogen) atoms. The van der Waals surface area contributed by atoms with E-state index in [1.807, 2.05) is 26.8 Å². The van der Waals surface area contributed by atoms with Gasteiger partial charge in [-0.25, -0.2) is 13.5 Å². The second kappa shape index (κ2) is 7.63. The van der Waals surface area contributed by atoms with E-state index in [0.717, 1.165) is 22.4 Å². The normalized spacial score (nSPS) is 12.1. The molecule has 3 aromatic rings. The summed E-state index contributed by atoms with van der Waals surface area (Å²) in [6, 6.07) is 7.13. The van der Waals surface area contributed by atoms with Crippen LogP contribution in [0.15, 0.2) is 29.4 Å². The van der Waals surface area contributed by atoms with E-state index >= 15 is 0 Å². The van der Waals surface area contributed by atoms with E-state index in [0.29, 0.717) is 22.5 Å². The first kappa shape index (κ1) is 19.9. The maximum absolute atomic E-state index is 13.3. The van der Waals surface area contributed by atoms with Crippen LogP contribution < -0.4 is 13.8 Å². The molecular formula is C20H23N3O4S. The zero-order chi connectivity index (χ0) is 20.6. The fourth-order valence-corrected chi connectivity index (χ4v) is 4.35. The van der Waals surface area contributed by atoms with Gasteiger partial charge in [0.2, 0.25) is 11.1 Å². The number of hydrogen-bond donors (Lipinski definition) is 1. The third-order valence-corrected chi connectivity index (χ3v) is 6.02. The Morgan fingerprint density at radius 2 is 1.82 bits per heavy atom. The zero-order valence-corrected chi connectivity index (χ0v) is 17.6. The molecule has 8 heteroatoms. The van der Waals surface area contributed by atoms with Gasteiger partial charge in [0, 0.05) is 13.0 Å². The van der Waals surface area contributed by atoms with Gasteiger partial charge in [-0.2, -0.15) is 0 Å². The van der Waals surface area contributed by atoms with Gasteiger partial charge in [0.25, 0.3) is 0 Å². The van der Waals surface area contributed by atoms with Gasteiger partial charge in [-0.1, -0.05) is 0 Å². The predicted octanol–water partition coefficient (Wildman–Crippen LogP) is 3.58. The van der Waals surface area contributed by atoms with Gasteiger partial charge < -0.3 is 14.5 Å². The fourth-order valence-electron chi connectivity index (χ4n) is 3.20. The predicted molar refractivity (Wildman–Crippen MR) is 109 cm³/mol. The topological polar surface area (TPSA) is 84.5 Å². The standard InChI is InChI=1S/C20H23N3O4S/c1-11-9-18(12(2)13(3)19(11)27-6)23(14(4)24)28(25)20-21-16-8-7-15(26-5)10-17(16)22-20/h7-10H,1-6H3,(H,21,22). The molecule has 1 N–H and O–H groups in total. The molecule has 0 aliphatic rings. The molecule has 2 aromatic carbocycles. The lowest BCUT2D eigenvalue weighted by Gasteiger charge is -2.23. The first-order valence-electron chi connectivity index (χ1n) is 8.69. The Bertz CT molecular complexity index is 1090. The second-order valence-corrected chi connectivity index (χ2v) is 7.73. The molecule has 1 atom stereocenters. The summed E-state index contributed by atoms with van der Waals surface area (Å²) in [5.74, 6) is 1.07. The largest absolute Gasteiger partial charge is 0.497 e. The lowest BCUT2D eigenvalue weighted by atomic mass is 10.0. The minimum absolute atomic E-state index is 0.198. The van der Waals surface area contributed by atoms with Crippen molar-refractivity contribution in [1.29, 1.82) is 0 Å². The highest BCUT2D eigenvalue weighted by atomic mass is 32.2. The van der Waals surface area contributed by atoms with E-state index in [-0.39, 0.29) is 11.1 Å². The molecule has 0 saturated heterocycles. The number of carbonyl (C=O) groups is 1. The zero-order valence-electron chi connectivity index (χ0n) is 16.7. The van der Waals surface area contributed by atoms with Crippen LogP contribution in [0.4, 0.5) is 5.69 Å². The van der Waals surface area contributed by atoms with Crippen LogP contribution in [0, 0.1) is 20.8 Å². The Morgan fingerprint density at radius 1 is 1.11 bits per heavy atom. The van der Waals surface area contributed by atoms with Crippen molar-refractivity contribution in [2.45, 2.75) is 32.9 Å². The van der Waals surface area contributed by atoms with Gasteiger partial charge in [-0.3, -0.25) is 4.79 Å². The number of carbonyl (C=O) groups excluding carboxylic acids is 1. The van der Waals surface area contributed by atoms with Crippen molar-refractivity contribution < 1.29 is 18.5 Å². The molecule has 0 bridgehead atoms. The van der Waals surface area contributed by atoms with Gasteiger partial charge in [-0.05, 0) is 55.7 Å². The van der Waals surface area contributed by atoms with E-state index in [9.17, 15) is 9.00 Å². The monoisotopic (exact) mass is 401 g/mol. The Balaban J connectivity index is 2.11. The van der Waals surface area contributed by atoms with Crippen molar-refractivity contribution in [2.24, 2.45) is 0 Å². The molecule has 0 fully saturated rings. The highest BCUT2D eigenvalue weighted by Gasteiger charge is 2.26. The number of anilines is 1. The van der Waals surface area contributed by atoms with Crippen LogP contribution in [0.5, 0.6) is 11.5 Å². The third kappa shape index (κ3) is 3.35. The fraction of sp³-hybridized carbons (Fsp3) is 0.300. The molecule has 1 heterocycles. The summed E-state index contributed by atoms with van der Waals surface area (Å²) in [4.78, 5) is 19.9. The first-order valence-corrected chi connectivity index (χ1v) is 9.80. The summed E-state index contributed by atoms with van der Waals surface area (Å²) >= 11 is 0. The maximum Gasteiger partial charge on any atom is 0.236 e. The molecule has 1 unspecified atom stereocenters. The van der Waals surface area contributed by atoms with Gasteiger partial charge in [0.15, 0.2) is 11.0 Å². The number of amides is 1. The number of ether oxygens (including phenoxy) is 2. The van der Waals surface area contributed by atoms with Crippen molar-refractivity contribution in [2.75, 3.05) is 18.5 Å². The summed E-state index contributed by atoms with van der Waals surface area (Å²) in [5.41, 5.74) is 4.48. The number of methoxy groups -OCH3 is 2. The number of aromatic amines is 1. The number of benzene rings is 2. The number of nitrogens with one attached hydrogen (secondary N) is 1. The Kier molecular flexibility index (Phi) is 5.42. The van der Waals surface area contributed by atoms with Crippen LogP contribution in [0.25, 0.3) is 11.0 Å². The van der Waals surface area contributed by atoms with Crippen LogP contribution >= 0.6 is 0 Å². The Hall–Kier alpha value is -2.87. The smallest absolute Gasteiger partial charge is 0.236 e. The maximum atomic E-state index is 13.3. The van der Waals surface area contributed by atoms with Crippen molar-refractivity contribution in [1.82, 2.24) is 9.97 Å². The number of hydrogen-bond acceptors (Lipinski definition) is 5. The lowest BCUT2D eigenvalue weighted by Crippen LogP contribution is -2.32. The number of aryl methyl sites for hydroxylation is 1. The average molecular weight is 401 g/mol. The number of aromatic nitrogens is 2. The summed E-state index contributed by atoms with van der Waals surface area (Å²) in [7, 11) is 1.34. The molecule has 1 amide bonds. The number of imidazole rings is 1. The Morgan fingerprint density at radius 3 is 2.43 bits per heavy atom. The SMILES string of the molecule is COc1ccc2nc(S(=O)N(C(C)=O)c3cc(C)c(OC)c(C)c3C)[nH]c2c1. The van der Waals surface area contributed by atoms with Crippen LogP contribution in [0.2, 0.25) is 0 Å². The summed E-state index contributed by atoms with van der Waals surface area (Å²) in [6.07, 6.45) is 0. The summed E-state index contributed by atoms with van der Waals surface area (Å²) in [6.45, 7) is 7.07. The van der Waals surface area contributed by atoms with E-state index in [4.69, 9.17) is 9.47 Å². The van der Waals surface area contributed by atoms with Gasteiger partial charge >= 0.3 is 0 Å². The molecule has 0 spiro atoms. The summed E-state index contributed by atoms with van der Waals surface area (Å²) < 4.78 is 25.2. The highest BCUT2D eigenvalue weighted by Crippen LogP contribution is 2.35. The van der Waals surface area contributed by atoms with E-state index < -0.39 is 11.0 Å². The number of rotatable bonds is 5. The molecule has 1 aromatic heterocycles. The molecular weight excluding hydrogens is 378 g/mol. The minimum Gasteiger partial charge on any atom is -0.497 e. The van der Waals surface area contributed by atoms with E-state index in [2.05, 4.69) is 9.97 Å². The van der Waals surface area contributed by atoms with E-state index in [1.165, 1.54) is 11.2 Å². The molecule has 0 aliphatic heterocycles. The van der Waals surface area contributed by atoms with Gasteiger partial charge in [0.05, 0.1) is 30.9 Å². The van der Waals surface area contributed by atoms with Gasteiger partial charge in [-0.15, -0.1) is 0 Å². The molecule has 3 rings (SSSR count). The van der Waals surface area contributed by atoms with Crippen LogP contribution in [-0.2, 0) is 15.8 Å². The van der Waals surface area contributed by atoms with E-state index in [1.54, 1.807) is 32.4 Å². The highest BCUT2D eigenvalue weighted by molar-refractivity contribution is 7.87. The quantitative estimate of drug-likeness (QED) is 0.706. The van der Waals surface area contributed by atoms with Crippen molar-refractivity contribution in [3.8, 4) is 11.5 Å². The van der Waals surface area contributed by atoms with Crippen LogP contribution in [0.3, 0.4) is 0 Å². The summed E-state index contributed by atoms with van der Waals surface area (Å²) in [5, 5.41) is 0.198. The van der Waals surface area contributed by atoms with Crippen LogP contribution in [0.1, 0.15) is 23.6 Å². The second-order valence-electron chi connectivity index (χ2n) is 6.48. The molecule has 148 valence electrons. The third-order valence-electron chi connectivity index (χ3n) is 4.71. The van der Waals surface area contributed by atoms with Crippen LogP contribution in [-0.4, -0.2) is 34.3 Å². The number of nitrogens with zero attached hydrogens (tertiary/aromatic N) is 2. The van der Waals surface area contributed by atoms with Crippen molar-refractivity contribution in [3.63, 3.8) is 0 Å². The minimum atomic E-state index is -1.84. The molecule has 0 radical (unpaired) electrons. The molecule has 0 aliphatic carbocycles. The Labute approximate surface area is 166 Å². The van der Waals surface area contributed by atoms with Crippen molar-refractivity contribution in [3.05, 3.63) is 41.0 Å². The molecule has 0 saturated carbocycles. The lowest BCUT2D eigenvalue weighted by molar-refractivity contribution is -0.115. The van der Waals surface area contributed by atoms with Crippen molar-refractivity contribution >= 4 is 33.6 Å². The number of H-pyrrole nitrogens is 1.